The summed E-state index contributed by atoms with van der Waals surface area (Å²) >= 11 is 0. The lowest BCUT2D eigenvalue weighted by molar-refractivity contribution is 0.185. The van der Waals surface area contributed by atoms with Crippen molar-refractivity contribution in [1.29, 1.82) is 0 Å². The number of likely N-dealkylation sites (tertiary alicyclic amines) is 1. The van der Waals surface area contributed by atoms with Gasteiger partial charge in [0.05, 0.1) is 0 Å². The average Bonchev–Trinajstić information content (AvgIpc) is 2.67. The van der Waals surface area contributed by atoms with Gasteiger partial charge in [-0.15, -0.1) is 0 Å². The van der Waals surface area contributed by atoms with Crippen LogP contribution in [0, 0.1) is 5.92 Å². The molecular formula is C11H22N2. The molecule has 0 aromatic heterocycles. The topological polar surface area (TPSA) is 29.3 Å². The Labute approximate surface area is 81.5 Å². The molecule has 0 amide bonds. The first kappa shape index (κ1) is 9.47. The fourth-order valence-electron chi connectivity index (χ4n) is 2.83. The zero-order valence-electron chi connectivity index (χ0n) is 8.54. The third-order valence-electron chi connectivity index (χ3n) is 3.74. The van der Waals surface area contributed by atoms with E-state index >= 15 is 0 Å². The lowest BCUT2D eigenvalue weighted by atomic mass is 9.94. The Morgan fingerprint density at radius 2 is 1.85 bits per heavy atom. The van der Waals surface area contributed by atoms with Gasteiger partial charge in [0.15, 0.2) is 0 Å². The van der Waals surface area contributed by atoms with Gasteiger partial charge in [-0.05, 0) is 38.3 Å². The predicted octanol–water partition coefficient (Wildman–Crippen LogP) is 1.60. The minimum absolute atomic E-state index is 0.793. The summed E-state index contributed by atoms with van der Waals surface area (Å²) in [5.74, 6) is 0.793. The Bertz CT molecular complexity index is 152. The van der Waals surface area contributed by atoms with Gasteiger partial charge in [0.25, 0.3) is 0 Å². The number of hydrogen-bond acceptors (Lipinski definition) is 2. The summed E-state index contributed by atoms with van der Waals surface area (Å²) in [7, 11) is 0. The van der Waals surface area contributed by atoms with Crippen molar-refractivity contribution in [1.82, 2.24) is 4.90 Å². The van der Waals surface area contributed by atoms with Crippen LogP contribution in [0.1, 0.15) is 38.5 Å². The van der Waals surface area contributed by atoms with Crippen molar-refractivity contribution >= 4 is 0 Å². The first-order chi connectivity index (χ1) is 6.40. The number of hydrogen-bond donors (Lipinski definition) is 1. The van der Waals surface area contributed by atoms with E-state index in [4.69, 9.17) is 5.73 Å². The molecule has 13 heavy (non-hydrogen) atoms. The summed E-state index contributed by atoms with van der Waals surface area (Å²) in [6, 6.07) is 0.908. The van der Waals surface area contributed by atoms with E-state index in [1.807, 2.05) is 0 Å². The maximum absolute atomic E-state index is 5.70. The highest BCUT2D eigenvalue weighted by Gasteiger charge is 2.27. The van der Waals surface area contributed by atoms with E-state index in [1.54, 1.807) is 0 Å². The fourth-order valence-corrected chi connectivity index (χ4v) is 2.83. The molecule has 0 unspecified atom stereocenters. The predicted molar refractivity (Wildman–Crippen MR) is 55.6 cm³/mol. The Morgan fingerprint density at radius 3 is 2.46 bits per heavy atom. The summed E-state index contributed by atoms with van der Waals surface area (Å²) in [4.78, 5) is 2.69. The standard InChI is InChI=1S/C11H22N2/c12-8-10-6-7-13(9-10)11-4-2-1-3-5-11/h10-11H,1-9,12H2/t10-/m0/s1. The molecule has 0 aromatic carbocycles. The first-order valence-electron chi connectivity index (χ1n) is 5.84. The fraction of sp³-hybridized carbons (Fsp3) is 1.00. The molecule has 1 saturated heterocycles. The molecule has 1 aliphatic carbocycles. The smallest absolute Gasteiger partial charge is 0.00953 e. The third kappa shape index (κ3) is 2.23. The molecule has 0 aromatic rings. The van der Waals surface area contributed by atoms with Crippen LogP contribution in [0.4, 0.5) is 0 Å². The SMILES string of the molecule is NC[C@@H]1CCN(C2CCCCC2)C1. The summed E-state index contributed by atoms with van der Waals surface area (Å²) < 4.78 is 0. The molecule has 1 atom stereocenters. The normalized spacial score (nSPS) is 32.5. The highest BCUT2D eigenvalue weighted by atomic mass is 15.2. The van der Waals surface area contributed by atoms with Gasteiger partial charge in [-0.25, -0.2) is 0 Å². The van der Waals surface area contributed by atoms with E-state index < -0.39 is 0 Å². The summed E-state index contributed by atoms with van der Waals surface area (Å²) in [6.45, 7) is 3.48. The number of nitrogens with zero attached hydrogens (tertiary/aromatic N) is 1. The second kappa shape index (κ2) is 4.43. The van der Waals surface area contributed by atoms with Crippen molar-refractivity contribution in [2.24, 2.45) is 11.7 Å². The Morgan fingerprint density at radius 1 is 1.08 bits per heavy atom. The van der Waals surface area contributed by atoms with Crippen LogP contribution in [0.2, 0.25) is 0 Å². The van der Waals surface area contributed by atoms with Crippen LogP contribution in [-0.2, 0) is 0 Å². The van der Waals surface area contributed by atoms with Gasteiger partial charge in [-0.1, -0.05) is 19.3 Å². The van der Waals surface area contributed by atoms with Gasteiger partial charge in [0.1, 0.15) is 0 Å². The van der Waals surface area contributed by atoms with Crippen molar-refractivity contribution in [2.75, 3.05) is 19.6 Å². The van der Waals surface area contributed by atoms with Crippen molar-refractivity contribution < 1.29 is 0 Å². The van der Waals surface area contributed by atoms with Gasteiger partial charge in [-0.2, -0.15) is 0 Å². The monoisotopic (exact) mass is 182 g/mol. The number of nitrogens with two attached hydrogens (primary N) is 1. The Balaban J connectivity index is 1.80. The molecule has 2 heteroatoms. The molecule has 0 bridgehead atoms. The zero-order valence-corrected chi connectivity index (χ0v) is 8.54. The van der Waals surface area contributed by atoms with Crippen LogP contribution in [0.25, 0.3) is 0 Å². The third-order valence-corrected chi connectivity index (χ3v) is 3.74. The molecule has 2 rings (SSSR count). The van der Waals surface area contributed by atoms with Crippen LogP contribution in [-0.4, -0.2) is 30.6 Å². The molecule has 76 valence electrons. The van der Waals surface area contributed by atoms with E-state index in [9.17, 15) is 0 Å². The molecule has 1 aliphatic heterocycles. The van der Waals surface area contributed by atoms with E-state index in [0.717, 1.165) is 18.5 Å². The quantitative estimate of drug-likeness (QED) is 0.703. The number of rotatable bonds is 2. The van der Waals surface area contributed by atoms with E-state index in [-0.39, 0.29) is 0 Å². The van der Waals surface area contributed by atoms with Gasteiger partial charge in [0, 0.05) is 12.6 Å². The zero-order chi connectivity index (χ0) is 9.10. The molecule has 2 N–H and O–H groups in total. The maximum Gasteiger partial charge on any atom is 0.00953 e. The van der Waals surface area contributed by atoms with Gasteiger partial charge < -0.3 is 10.6 Å². The second-order valence-corrected chi connectivity index (χ2v) is 4.68. The minimum Gasteiger partial charge on any atom is -0.330 e. The largest absolute Gasteiger partial charge is 0.330 e. The molecule has 0 spiro atoms. The molecule has 2 fully saturated rings. The van der Waals surface area contributed by atoms with Crippen LogP contribution in [0.15, 0.2) is 0 Å². The summed E-state index contributed by atoms with van der Waals surface area (Å²) in [5, 5.41) is 0. The van der Waals surface area contributed by atoms with Gasteiger partial charge >= 0.3 is 0 Å². The van der Waals surface area contributed by atoms with Crippen LogP contribution < -0.4 is 5.73 Å². The van der Waals surface area contributed by atoms with Crippen molar-refractivity contribution in [3.63, 3.8) is 0 Å². The van der Waals surface area contributed by atoms with Crippen LogP contribution in [0.5, 0.6) is 0 Å². The van der Waals surface area contributed by atoms with Crippen molar-refractivity contribution in [3.8, 4) is 0 Å². The van der Waals surface area contributed by atoms with Crippen molar-refractivity contribution in [2.45, 2.75) is 44.6 Å². The maximum atomic E-state index is 5.70. The first-order valence-corrected chi connectivity index (χ1v) is 5.84. The van der Waals surface area contributed by atoms with Crippen LogP contribution >= 0.6 is 0 Å². The molecule has 1 saturated carbocycles. The van der Waals surface area contributed by atoms with E-state index in [0.29, 0.717) is 0 Å². The van der Waals surface area contributed by atoms with Crippen LogP contribution in [0.3, 0.4) is 0 Å². The summed E-state index contributed by atoms with van der Waals surface area (Å²) in [5.41, 5.74) is 5.70. The van der Waals surface area contributed by atoms with Gasteiger partial charge in [-0.3, -0.25) is 0 Å². The molecule has 1 heterocycles. The molecular weight excluding hydrogens is 160 g/mol. The highest BCUT2D eigenvalue weighted by molar-refractivity contribution is 4.83. The van der Waals surface area contributed by atoms with Crippen molar-refractivity contribution in [3.05, 3.63) is 0 Å². The van der Waals surface area contributed by atoms with E-state index in [1.165, 1.54) is 51.6 Å². The Kier molecular flexibility index (Phi) is 3.23. The molecule has 2 aliphatic rings. The van der Waals surface area contributed by atoms with Gasteiger partial charge in [0.2, 0.25) is 0 Å². The minimum atomic E-state index is 0.793. The van der Waals surface area contributed by atoms with E-state index in [2.05, 4.69) is 4.90 Å². The molecule has 0 radical (unpaired) electrons. The average molecular weight is 182 g/mol. The molecule has 2 nitrogen and oxygen atoms in total. The highest BCUT2D eigenvalue weighted by Crippen LogP contribution is 2.27. The summed E-state index contributed by atoms with van der Waals surface area (Å²) in [6.07, 6.45) is 8.59. The lowest BCUT2D eigenvalue weighted by Crippen LogP contribution is -2.35. The Hall–Kier alpha value is -0.0800. The lowest BCUT2D eigenvalue weighted by Gasteiger charge is -2.31. The second-order valence-electron chi connectivity index (χ2n) is 4.68.